The van der Waals surface area contributed by atoms with Crippen molar-refractivity contribution in [2.24, 2.45) is 12.8 Å². The monoisotopic (exact) mass is 349 g/mol. The lowest BCUT2D eigenvalue weighted by molar-refractivity contribution is -0.133. The summed E-state index contributed by atoms with van der Waals surface area (Å²) in [7, 11) is 1.86. The summed E-state index contributed by atoms with van der Waals surface area (Å²) < 4.78 is 1.77. The number of amides is 2. The molecule has 1 saturated heterocycles. The molecule has 0 saturated carbocycles. The first kappa shape index (κ1) is 16.9. The van der Waals surface area contributed by atoms with Crippen LogP contribution < -0.4 is 11.1 Å². The SMILES string of the molecule is Cc1nn(C)c2sc(C(=O)NC(C)C(=O)N3CCCC3CN)cc12. The highest BCUT2D eigenvalue weighted by molar-refractivity contribution is 7.20. The Balaban J connectivity index is 1.71. The Morgan fingerprint density at radius 2 is 2.29 bits per heavy atom. The maximum absolute atomic E-state index is 12.6. The van der Waals surface area contributed by atoms with E-state index in [4.69, 9.17) is 5.73 Å². The van der Waals surface area contributed by atoms with Crippen LogP contribution in [0.5, 0.6) is 0 Å². The van der Waals surface area contributed by atoms with Gasteiger partial charge in [0.05, 0.1) is 10.6 Å². The number of rotatable bonds is 4. The second kappa shape index (κ2) is 6.52. The number of thiophene rings is 1. The van der Waals surface area contributed by atoms with E-state index in [1.54, 1.807) is 16.5 Å². The highest BCUT2D eigenvalue weighted by Gasteiger charge is 2.31. The molecule has 2 amide bonds. The molecule has 3 rings (SSSR count). The Hall–Kier alpha value is -1.93. The van der Waals surface area contributed by atoms with Gasteiger partial charge in [0.25, 0.3) is 5.91 Å². The number of nitrogens with zero attached hydrogens (tertiary/aromatic N) is 3. The molecule has 0 bridgehead atoms. The summed E-state index contributed by atoms with van der Waals surface area (Å²) in [5.74, 6) is -0.282. The van der Waals surface area contributed by atoms with Crippen LogP contribution in [-0.2, 0) is 11.8 Å². The zero-order valence-corrected chi connectivity index (χ0v) is 15.0. The van der Waals surface area contributed by atoms with Crippen molar-refractivity contribution < 1.29 is 9.59 Å². The molecule has 2 aromatic rings. The molecule has 0 radical (unpaired) electrons. The molecule has 3 heterocycles. The highest BCUT2D eigenvalue weighted by atomic mass is 32.1. The number of carbonyl (C=O) groups is 2. The van der Waals surface area contributed by atoms with Crippen LogP contribution in [0.15, 0.2) is 6.07 Å². The molecule has 0 aromatic carbocycles. The quantitative estimate of drug-likeness (QED) is 0.861. The molecular formula is C16H23N5O2S. The minimum atomic E-state index is -0.561. The zero-order valence-electron chi connectivity index (χ0n) is 14.2. The first-order valence-electron chi connectivity index (χ1n) is 8.17. The van der Waals surface area contributed by atoms with Crippen molar-refractivity contribution in [1.29, 1.82) is 0 Å². The Kier molecular flexibility index (Phi) is 4.60. The van der Waals surface area contributed by atoms with E-state index < -0.39 is 6.04 Å². The van der Waals surface area contributed by atoms with Crippen LogP contribution in [0.1, 0.15) is 35.1 Å². The minimum absolute atomic E-state index is 0.0599. The van der Waals surface area contributed by atoms with Gasteiger partial charge in [0.1, 0.15) is 10.9 Å². The predicted molar refractivity (Wildman–Crippen MR) is 94.0 cm³/mol. The number of likely N-dealkylation sites (tertiary alicyclic amines) is 1. The number of aromatic nitrogens is 2. The molecule has 0 spiro atoms. The number of fused-ring (bicyclic) bond motifs is 1. The van der Waals surface area contributed by atoms with Crippen molar-refractivity contribution in [3.05, 3.63) is 16.6 Å². The molecule has 1 fully saturated rings. The van der Waals surface area contributed by atoms with Crippen LogP contribution in [0.4, 0.5) is 0 Å². The molecule has 7 nitrogen and oxygen atoms in total. The van der Waals surface area contributed by atoms with E-state index in [0.29, 0.717) is 18.0 Å². The van der Waals surface area contributed by atoms with Gasteiger partial charge in [-0.3, -0.25) is 14.3 Å². The highest BCUT2D eigenvalue weighted by Crippen LogP contribution is 2.27. The van der Waals surface area contributed by atoms with Gasteiger partial charge in [0.2, 0.25) is 5.91 Å². The minimum Gasteiger partial charge on any atom is -0.340 e. The number of hydrogen-bond donors (Lipinski definition) is 2. The van der Waals surface area contributed by atoms with E-state index in [1.807, 2.05) is 20.0 Å². The van der Waals surface area contributed by atoms with E-state index in [1.165, 1.54) is 11.3 Å². The van der Waals surface area contributed by atoms with Crippen molar-refractivity contribution >= 4 is 33.4 Å². The molecule has 3 N–H and O–H groups in total. The third-order valence-corrected chi connectivity index (χ3v) is 5.77. The third kappa shape index (κ3) is 2.91. The number of nitrogens with one attached hydrogen (secondary N) is 1. The van der Waals surface area contributed by atoms with E-state index in [-0.39, 0.29) is 17.9 Å². The Morgan fingerprint density at radius 3 is 2.96 bits per heavy atom. The Labute approximate surface area is 144 Å². The first-order chi connectivity index (χ1) is 11.4. The van der Waals surface area contributed by atoms with Crippen molar-refractivity contribution in [3.63, 3.8) is 0 Å². The Morgan fingerprint density at radius 1 is 1.54 bits per heavy atom. The first-order valence-corrected chi connectivity index (χ1v) is 8.98. The second-order valence-electron chi connectivity index (χ2n) is 6.30. The third-order valence-electron chi connectivity index (χ3n) is 4.57. The summed E-state index contributed by atoms with van der Waals surface area (Å²) in [6.45, 7) is 4.83. The number of hydrogen-bond acceptors (Lipinski definition) is 5. The summed E-state index contributed by atoms with van der Waals surface area (Å²) in [5.41, 5.74) is 6.62. The van der Waals surface area contributed by atoms with E-state index >= 15 is 0 Å². The average Bonchev–Trinajstić information content (AvgIpc) is 3.24. The lowest BCUT2D eigenvalue weighted by Gasteiger charge is -2.26. The van der Waals surface area contributed by atoms with Crippen LogP contribution in [0.25, 0.3) is 10.2 Å². The zero-order chi connectivity index (χ0) is 17.4. The molecule has 2 aromatic heterocycles. The molecule has 0 aliphatic carbocycles. The lowest BCUT2D eigenvalue weighted by Crippen LogP contribution is -2.50. The van der Waals surface area contributed by atoms with Gasteiger partial charge in [-0.15, -0.1) is 11.3 Å². The van der Waals surface area contributed by atoms with E-state index in [9.17, 15) is 9.59 Å². The van der Waals surface area contributed by atoms with Crippen molar-refractivity contribution in [2.75, 3.05) is 13.1 Å². The van der Waals surface area contributed by atoms with Crippen LogP contribution in [-0.4, -0.2) is 51.7 Å². The fraction of sp³-hybridized carbons (Fsp3) is 0.562. The largest absolute Gasteiger partial charge is 0.340 e. The van der Waals surface area contributed by atoms with Crippen molar-refractivity contribution in [1.82, 2.24) is 20.0 Å². The maximum Gasteiger partial charge on any atom is 0.262 e. The van der Waals surface area contributed by atoms with Crippen LogP contribution in [0.3, 0.4) is 0 Å². The average molecular weight is 349 g/mol. The molecule has 2 atom stereocenters. The molecule has 1 aliphatic heterocycles. The van der Waals surface area contributed by atoms with Crippen LogP contribution >= 0.6 is 11.3 Å². The van der Waals surface area contributed by atoms with Gasteiger partial charge in [-0.1, -0.05) is 0 Å². The number of nitrogens with two attached hydrogens (primary N) is 1. The fourth-order valence-corrected chi connectivity index (χ4v) is 4.29. The van der Waals surface area contributed by atoms with E-state index in [2.05, 4.69) is 10.4 Å². The normalized spacial score (nSPS) is 19.0. The smallest absolute Gasteiger partial charge is 0.262 e. The standard InChI is InChI=1S/C16H23N5O2S/c1-9-12-7-13(24-16(12)20(3)19-9)14(22)18-10(2)15(23)21-6-4-5-11(21)8-17/h7,10-11H,4-6,8,17H2,1-3H3,(H,18,22). The van der Waals surface area contributed by atoms with Crippen molar-refractivity contribution in [3.8, 4) is 0 Å². The van der Waals surface area contributed by atoms with Crippen molar-refractivity contribution in [2.45, 2.75) is 38.8 Å². The maximum atomic E-state index is 12.6. The van der Waals surface area contributed by atoms with Gasteiger partial charge in [0.15, 0.2) is 0 Å². The summed E-state index contributed by atoms with van der Waals surface area (Å²) >= 11 is 1.39. The fourth-order valence-electron chi connectivity index (χ4n) is 3.27. The van der Waals surface area contributed by atoms with Gasteiger partial charge in [0, 0.05) is 31.6 Å². The summed E-state index contributed by atoms with van der Waals surface area (Å²) in [5, 5.41) is 8.13. The van der Waals surface area contributed by atoms with Gasteiger partial charge < -0.3 is 16.0 Å². The summed E-state index contributed by atoms with van der Waals surface area (Å²) in [4.78, 5) is 28.4. The van der Waals surface area contributed by atoms with Gasteiger partial charge in [-0.25, -0.2) is 0 Å². The predicted octanol–water partition coefficient (Wildman–Crippen LogP) is 1.01. The summed E-state index contributed by atoms with van der Waals surface area (Å²) in [6.07, 6.45) is 1.91. The van der Waals surface area contributed by atoms with Gasteiger partial charge in [-0.2, -0.15) is 5.10 Å². The molecule has 2 unspecified atom stereocenters. The van der Waals surface area contributed by atoms with Gasteiger partial charge >= 0.3 is 0 Å². The van der Waals surface area contributed by atoms with E-state index in [0.717, 1.165) is 28.8 Å². The summed E-state index contributed by atoms with van der Waals surface area (Å²) in [6, 6.07) is 1.37. The number of aryl methyl sites for hydroxylation is 2. The molecular weight excluding hydrogens is 326 g/mol. The topological polar surface area (TPSA) is 93.2 Å². The molecule has 1 aliphatic rings. The molecule has 130 valence electrons. The van der Waals surface area contributed by atoms with Gasteiger partial charge in [-0.05, 0) is 32.8 Å². The van der Waals surface area contributed by atoms with Crippen LogP contribution in [0, 0.1) is 6.92 Å². The number of carbonyl (C=O) groups excluding carboxylic acids is 2. The van der Waals surface area contributed by atoms with Crippen LogP contribution in [0.2, 0.25) is 0 Å². The molecule has 24 heavy (non-hydrogen) atoms. The lowest BCUT2D eigenvalue weighted by atomic mass is 10.2. The second-order valence-corrected chi connectivity index (χ2v) is 7.33. The Bertz CT molecular complexity index is 746. The molecule has 8 heteroatoms.